The van der Waals surface area contributed by atoms with Crippen LogP contribution in [0.25, 0.3) is 0 Å². The zero-order chi connectivity index (χ0) is 24.5. The number of aromatic nitrogens is 1. The Hall–Kier alpha value is -2.54. The number of urea groups is 1. The van der Waals surface area contributed by atoms with Gasteiger partial charge in [-0.15, -0.1) is 0 Å². The number of carbonyl (C=O) groups excluding carboxylic acids is 2. The van der Waals surface area contributed by atoms with Gasteiger partial charge in [-0.2, -0.15) is 4.37 Å². The predicted octanol–water partition coefficient (Wildman–Crippen LogP) is 3.38. The van der Waals surface area contributed by atoms with Crippen LogP contribution in [0.2, 0.25) is 5.02 Å². The summed E-state index contributed by atoms with van der Waals surface area (Å²) in [6, 6.07) is 1.20. The number of unbranched alkanes of at least 4 members (excludes halogenated alkanes) is 2. The van der Waals surface area contributed by atoms with Crippen molar-refractivity contribution in [1.82, 2.24) is 14.6 Å². The highest BCUT2D eigenvalue weighted by molar-refractivity contribution is 7.11. The first kappa shape index (κ1) is 26.1. The Morgan fingerprint density at radius 1 is 1.21 bits per heavy atom. The number of hydrogen-bond donors (Lipinski definition) is 3. The Morgan fingerprint density at radius 3 is 2.71 bits per heavy atom. The first-order valence-corrected chi connectivity index (χ1v) is 11.9. The van der Waals surface area contributed by atoms with E-state index in [4.69, 9.17) is 26.8 Å². The SMILES string of the molecule is NC(=O)c1c(OCc2cc(F)c(Cl)cc2F)nsc1NC(=O)NCCCCCN1CCOCC1. The Morgan fingerprint density at radius 2 is 1.97 bits per heavy atom. The van der Waals surface area contributed by atoms with Crippen LogP contribution in [0.1, 0.15) is 35.2 Å². The van der Waals surface area contributed by atoms with Gasteiger partial charge in [0.15, 0.2) is 0 Å². The number of ether oxygens (including phenoxy) is 2. The summed E-state index contributed by atoms with van der Waals surface area (Å²) in [5, 5.41) is 4.99. The van der Waals surface area contributed by atoms with E-state index in [0.29, 0.717) is 6.54 Å². The van der Waals surface area contributed by atoms with Crippen LogP contribution in [-0.4, -0.2) is 60.6 Å². The summed E-state index contributed by atoms with van der Waals surface area (Å²) in [5.74, 6) is -2.66. The van der Waals surface area contributed by atoms with Gasteiger partial charge >= 0.3 is 6.03 Å². The summed E-state index contributed by atoms with van der Waals surface area (Å²) in [7, 11) is 0. The third kappa shape index (κ3) is 7.49. The van der Waals surface area contributed by atoms with Gasteiger partial charge in [0.05, 0.1) is 18.2 Å². The molecule has 3 rings (SSSR count). The molecule has 1 fully saturated rings. The van der Waals surface area contributed by atoms with Crippen LogP contribution in [0.4, 0.5) is 18.6 Å². The molecule has 0 bridgehead atoms. The predicted molar refractivity (Wildman–Crippen MR) is 124 cm³/mol. The molecule has 1 aliphatic heterocycles. The molecule has 1 saturated heterocycles. The average molecular weight is 518 g/mol. The van der Waals surface area contributed by atoms with Gasteiger partial charge in [0.25, 0.3) is 5.91 Å². The number of morpholine rings is 1. The van der Waals surface area contributed by atoms with Crippen molar-refractivity contribution in [1.29, 1.82) is 0 Å². The van der Waals surface area contributed by atoms with E-state index in [2.05, 4.69) is 19.9 Å². The van der Waals surface area contributed by atoms with Gasteiger partial charge < -0.3 is 20.5 Å². The van der Waals surface area contributed by atoms with Gasteiger partial charge in [-0.05, 0) is 43.1 Å². The highest BCUT2D eigenvalue weighted by Crippen LogP contribution is 2.31. The number of halogens is 3. The fourth-order valence-electron chi connectivity index (χ4n) is 3.31. The zero-order valence-corrected chi connectivity index (χ0v) is 19.9. The highest BCUT2D eigenvalue weighted by Gasteiger charge is 2.22. The van der Waals surface area contributed by atoms with Crippen LogP contribution >= 0.6 is 23.1 Å². The molecule has 186 valence electrons. The number of hydrogen-bond acceptors (Lipinski definition) is 7. The van der Waals surface area contributed by atoms with E-state index in [0.717, 1.165) is 75.8 Å². The van der Waals surface area contributed by atoms with Crippen molar-refractivity contribution in [3.05, 3.63) is 39.9 Å². The standard InChI is InChI=1S/C21H26ClF2N5O4S/c22-14-11-15(23)13(10-16(14)24)12-33-19-17(18(25)30)20(34-28-19)27-21(31)26-4-2-1-3-5-29-6-8-32-9-7-29/h10-11H,1-9,12H2,(H2,25,30)(H2,26,27,31). The molecule has 34 heavy (non-hydrogen) atoms. The molecule has 0 aliphatic carbocycles. The summed E-state index contributed by atoms with van der Waals surface area (Å²) in [5.41, 5.74) is 5.14. The molecule has 1 aromatic heterocycles. The Kier molecular flexibility index (Phi) is 9.81. The molecule has 4 N–H and O–H groups in total. The number of nitrogens with one attached hydrogen (secondary N) is 2. The fraction of sp³-hybridized carbons (Fsp3) is 0.476. The van der Waals surface area contributed by atoms with E-state index >= 15 is 0 Å². The number of carbonyl (C=O) groups is 2. The fourth-order valence-corrected chi connectivity index (χ4v) is 4.19. The van der Waals surface area contributed by atoms with Crippen molar-refractivity contribution in [2.45, 2.75) is 25.9 Å². The lowest BCUT2D eigenvalue weighted by atomic mass is 10.2. The van der Waals surface area contributed by atoms with Gasteiger partial charge in [-0.3, -0.25) is 15.0 Å². The van der Waals surface area contributed by atoms with Crippen LogP contribution < -0.4 is 21.1 Å². The maximum atomic E-state index is 13.9. The third-order valence-electron chi connectivity index (χ3n) is 5.13. The van der Waals surface area contributed by atoms with Crippen molar-refractivity contribution < 1.29 is 27.8 Å². The van der Waals surface area contributed by atoms with Crippen LogP contribution in [0.15, 0.2) is 12.1 Å². The van der Waals surface area contributed by atoms with E-state index in [1.165, 1.54) is 0 Å². The molecule has 0 spiro atoms. The van der Waals surface area contributed by atoms with Crippen LogP contribution in [0.3, 0.4) is 0 Å². The number of primary amides is 1. The van der Waals surface area contributed by atoms with E-state index in [-0.39, 0.29) is 27.0 Å². The molecule has 0 radical (unpaired) electrons. The van der Waals surface area contributed by atoms with Crippen LogP contribution in [0.5, 0.6) is 5.88 Å². The van der Waals surface area contributed by atoms with E-state index in [9.17, 15) is 18.4 Å². The lowest BCUT2D eigenvalue weighted by molar-refractivity contribution is 0.0371. The second kappa shape index (κ2) is 12.8. The molecule has 1 aliphatic rings. The Bertz CT molecular complexity index is 1000. The molecule has 2 heterocycles. The lowest BCUT2D eigenvalue weighted by Crippen LogP contribution is -2.36. The van der Waals surface area contributed by atoms with Crippen molar-refractivity contribution in [3.63, 3.8) is 0 Å². The molecule has 9 nitrogen and oxygen atoms in total. The molecule has 2 aromatic rings. The molecule has 0 unspecified atom stereocenters. The van der Waals surface area contributed by atoms with Crippen molar-refractivity contribution in [2.24, 2.45) is 5.73 Å². The number of nitrogens with two attached hydrogens (primary N) is 1. The van der Waals surface area contributed by atoms with Crippen molar-refractivity contribution in [2.75, 3.05) is 44.7 Å². The second-order valence-corrected chi connectivity index (χ2v) is 8.78. The van der Waals surface area contributed by atoms with Gasteiger partial charge in [-0.25, -0.2) is 13.6 Å². The molecule has 0 atom stereocenters. The molecule has 0 saturated carbocycles. The second-order valence-electron chi connectivity index (χ2n) is 7.60. The molecule has 1 aromatic carbocycles. The maximum Gasteiger partial charge on any atom is 0.319 e. The Labute approximate surface area is 204 Å². The van der Waals surface area contributed by atoms with Crippen molar-refractivity contribution >= 4 is 40.1 Å². The lowest BCUT2D eigenvalue weighted by Gasteiger charge is -2.26. The first-order chi connectivity index (χ1) is 16.3. The summed E-state index contributed by atoms with van der Waals surface area (Å²) in [4.78, 5) is 26.5. The number of rotatable bonds is 11. The van der Waals surface area contributed by atoms with Gasteiger partial charge in [0.1, 0.15) is 28.8 Å². The molecular formula is C21H26ClF2N5O4S. The number of anilines is 1. The largest absolute Gasteiger partial charge is 0.471 e. The maximum absolute atomic E-state index is 13.9. The minimum absolute atomic E-state index is 0.0927. The quantitative estimate of drug-likeness (QED) is 0.310. The topological polar surface area (TPSA) is 119 Å². The summed E-state index contributed by atoms with van der Waals surface area (Å²) in [6.07, 6.45) is 2.80. The smallest absolute Gasteiger partial charge is 0.319 e. The van der Waals surface area contributed by atoms with Crippen LogP contribution in [0, 0.1) is 11.6 Å². The normalized spacial score (nSPS) is 14.1. The zero-order valence-electron chi connectivity index (χ0n) is 18.4. The summed E-state index contributed by atoms with van der Waals surface area (Å²) < 4.78 is 42.2. The van der Waals surface area contributed by atoms with E-state index < -0.39 is 30.2 Å². The number of nitrogens with zero attached hydrogens (tertiary/aromatic N) is 2. The minimum atomic E-state index is -0.884. The molecule has 13 heteroatoms. The molecule has 3 amide bonds. The highest BCUT2D eigenvalue weighted by atomic mass is 35.5. The van der Waals surface area contributed by atoms with Gasteiger partial charge in [0.2, 0.25) is 5.88 Å². The number of benzene rings is 1. The first-order valence-electron chi connectivity index (χ1n) is 10.8. The average Bonchev–Trinajstić information content (AvgIpc) is 3.21. The van der Waals surface area contributed by atoms with E-state index in [1.807, 2.05) is 0 Å². The Balaban J connectivity index is 1.45. The van der Waals surface area contributed by atoms with E-state index in [1.54, 1.807) is 0 Å². The van der Waals surface area contributed by atoms with Crippen molar-refractivity contribution in [3.8, 4) is 5.88 Å². The van der Waals surface area contributed by atoms with Gasteiger partial charge in [-0.1, -0.05) is 18.0 Å². The number of amides is 3. The third-order valence-corrected chi connectivity index (χ3v) is 6.16. The summed E-state index contributed by atoms with van der Waals surface area (Å²) in [6.45, 7) is 4.51. The van der Waals surface area contributed by atoms with Gasteiger partial charge in [0, 0.05) is 25.2 Å². The summed E-state index contributed by atoms with van der Waals surface area (Å²) >= 11 is 6.32. The van der Waals surface area contributed by atoms with Crippen LogP contribution in [-0.2, 0) is 11.3 Å². The monoisotopic (exact) mass is 517 g/mol. The molecular weight excluding hydrogens is 492 g/mol. The minimum Gasteiger partial charge on any atom is -0.471 e.